The van der Waals surface area contributed by atoms with E-state index >= 15 is 0 Å². The Bertz CT molecular complexity index is 598. The summed E-state index contributed by atoms with van der Waals surface area (Å²) >= 11 is 6.00. The van der Waals surface area contributed by atoms with Gasteiger partial charge in [0.2, 0.25) is 0 Å². The summed E-state index contributed by atoms with van der Waals surface area (Å²) in [6, 6.07) is 5.43. The molecule has 0 saturated heterocycles. The first-order chi connectivity index (χ1) is 8.69. The van der Waals surface area contributed by atoms with E-state index in [1.165, 1.54) is 7.11 Å². The third-order valence-corrected chi connectivity index (χ3v) is 2.82. The van der Waals surface area contributed by atoms with Crippen LogP contribution in [0.2, 0.25) is 5.15 Å². The lowest BCUT2D eigenvalue weighted by atomic mass is 10.1. The minimum Gasteiger partial charge on any atom is -0.496 e. The van der Waals surface area contributed by atoms with E-state index in [4.69, 9.17) is 21.1 Å². The van der Waals surface area contributed by atoms with Crippen LogP contribution in [-0.2, 0) is 4.74 Å². The molecule has 4 nitrogen and oxygen atoms in total. The lowest BCUT2D eigenvalue weighted by Crippen LogP contribution is -2.07. The zero-order chi connectivity index (χ0) is 13.1. The highest BCUT2D eigenvalue weighted by atomic mass is 35.5. The molecule has 1 aromatic carbocycles. The van der Waals surface area contributed by atoms with Crippen LogP contribution in [0.4, 0.5) is 0 Å². The molecule has 5 heteroatoms. The second-order valence-electron chi connectivity index (χ2n) is 3.57. The molecule has 0 unspecified atom stereocenters. The highest BCUT2D eigenvalue weighted by Crippen LogP contribution is 2.32. The molecule has 0 aliphatic heterocycles. The Kier molecular flexibility index (Phi) is 3.67. The molecule has 0 saturated carbocycles. The van der Waals surface area contributed by atoms with Gasteiger partial charge >= 0.3 is 5.97 Å². The Morgan fingerprint density at radius 2 is 2.22 bits per heavy atom. The fraction of sp³-hybridized carbons (Fsp3) is 0.231. The predicted molar refractivity (Wildman–Crippen MR) is 69.3 cm³/mol. The smallest absolute Gasteiger partial charge is 0.342 e. The highest BCUT2D eigenvalue weighted by Gasteiger charge is 2.19. The Morgan fingerprint density at radius 3 is 2.89 bits per heavy atom. The molecule has 0 atom stereocenters. The molecule has 0 fully saturated rings. The maximum atomic E-state index is 11.9. The van der Waals surface area contributed by atoms with Gasteiger partial charge in [-0.3, -0.25) is 0 Å². The van der Waals surface area contributed by atoms with E-state index in [1.54, 1.807) is 19.2 Å². The van der Waals surface area contributed by atoms with E-state index in [0.717, 1.165) is 5.39 Å². The second kappa shape index (κ2) is 5.23. The summed E-state index contributed by atoms with van der Waals surface area (Å²) in [6.45, 7) is 2.02. The van der Waals surface area contributed by atoms with Crippen LogP contribution in [0, 0.1) is 0 Å². The third kappa shape index (κ3) is 2.11. The Labute approximate surface area is 109 Å². The fourth-order valence-corrected chi connectivity index (χ4v) is 2.00. The maximum Gasteiger partial charge on any atom is 0.342 e. The molecule has 0 aliphatic rings. The van der Waals surface area contributed by atoms with E-state index in [-0.39, 0.29) is 17.3 Å². The SMILES string of the molecule is CCOC(=O)c1c(Cl)ncc2cccc(OC)c12. The van der Waals surface area contributed by atoms with Gasteiger partial charge < -0.3 is 9.47 Å². The third-order valence-electron chi connectivity index (χ3n) is 2.53. The van der Waals surface area contributed by atoms with Crippen molar-refractivity contribution in [1.29, 1.82) is 0 Å². The van der Waals surface area contributed by atoms with E-state index < -0.39 is 5.97 Å². The summed E-state index contributed by atoms with van der Waals surface area (Å²) in [5.41, 5.74) is 0.244. The molecule has 2 aromatic rings. The van der Waals surface area contributed by atoms with Crippen molar-refractivity contribution >= 4 is 28.3 Å². The first-order valence-corrected chi connectivity index (χ1v) is 5.85. The molecular weight excluding hydrogens is 254 g/mol. The van der Waals surface area contributed by atoms with Gasteiger partial charge in [0.05, 0.1) is 13.7 Å². The molecule has 18 heavy (non-hydrogen) atoms. The molecule has 0 bridgehead atoms. The Morgan fingerprint density at radius 1 is 1.44 bits per heavy atom. The van der Waals surface area contributed by atoms with Crippen molar-refractivity contribution < 1.29 is 14.3 Å². The van der Waals surface area contributed by atoms with Crippen molar-refractivity contribution in [3.63, 3.8) is 0 Å². The molecular formula is C13H12ClNO3. The molecule has 0 radical (unpaired) electrons. The summed E-state index contributed by atoms with van der Waals surface area (Å²) in [5, 5.41) is 1.52. The van der Waals surface area contributed by atoms with Crippen LogP contribution in [0.15, 0.2) is 24.4 Å². The van der Waals surface area contributed by atoms with Gasteiger partial charge in [0.25, 0.3) is 0 Å². The lowest BCUT2D eigenvalue weighted by Gasteiger charge is -2.10. The van der Waals surface area contributed by atoms with Gasteiger partial charge in [-0.15, -0.1) is 0 Å². The number of pyridine rings is 1. The van der Waals surface area contributed by atoms with Crippen molar-refractivity contribution in [2.75, 3.05) is 13.7 Å². The molecule has 1 aromatic heterocycles. The molecule has 0 aliphatic carbocycles. The molecule has 0 spiro atoms. The molecule has 0 amide bonds. The standard InChI is InChI=1S/C13H12ClNO3/c1-3-18-13(16)11-10-8(7-15-12(11)14)5-4-6-9(10)17-2/h4-7H,3H2,1-2H3. The van der Waals surface area contributed by atoms with Crippen molar-refractivity contribution in [3.8, 4) is 5.75 Å². The van der Waals surface area contributed by atoms with Crippen LogP contribution in [-0.4, -0.2) is 24.7 Å². The second-order valence-corrected chi connectivity index (χ2v) is 3.93. The van der Waals surface area contributed by atoms with E-state index in [0.29, 0.717) is 11.1 Å². The molecule has 94 valence electrons. The summed E-state index contributed by atoms with van der Waals surface area (Å²) in [4.78, 5) is 15.9. The van der Waals surface area contributed by atoms with Gasteiger partial charge in [-0.05, 0) is 13.0 Å². The number of hydrogen-bond donors (Lipinski definition) is 0. The quantitative estimate of drug-likeness (QED) is 0.632. The van der Waals surface area contributed by atoms with Crippen LogP contribution in [0.25, 0.3) is 10.8 Å². The van der Waals surface area contributed by atoms with Gasteiger partial charge in [-0.1, -0.05) is 23.7 Å². The molecule has 2 rings (SSSR count). The van der Waals surface area contributed by atoms with Crippen molar-refractivity contribution in [2.45, 2.75) is 6.92 Å². The lowest BCUT2D eigenvalue weighted by molar-refractivity contribution is 0.0528. The van der Waals surface area contributed by atoms with Gasteiger partial charge in [-0.25, -0.2) is 9.78 Å². The normalized spacial score (nSPS) is 10.4. The number of ether oxygens (including phenoxy) is 2. The van der Waals surface area contributed by atoms with Crippen LogP contribution < -0.4 is 4.74 Å². The number of carbonyl (C=O) groups excluding carboxylic acids is 1. The number of benzene rings is 1. The van der Waals surface area contributed by atoms with Crippen LogP contribution in [0.5, 0.6) is 5.75 Å². The minimum atomic E-state index is -0.495. The van der Waals surface area contributed by atoms with Crippen molar-refractivity contribution in [2.24, 2.45) is 0 Å². The summed E-state index contributed by atoms with van der Waals surface area (Å²) < 4.78 is 10.3. The number of methoxy groups -OCH3 is 1. The average Bonchev–Trinajstić information content (AvgIpc) is 2.38. The number of nitrogens with zero attached hydrogens (tertiary/aromatic N) is 1. The van der Waals surface area contributed by atoms with Crippen molar-refractivity contribution in [3.05, 3.63) is 35.1 Å². The number of rotatable bonds is 3. The predicted octanol–water partition coefficient (Wildman–Crippen LogP) is 3.07. The maximum absolute atomic E-state index is 11.9. The highest BCUT2D eigenvalue weighted by molar-refractivity contribution is 6.34. The summed E-state index contributed by atoms with van der Waals surface area (Å²) in [5.74, 6) is 0.0740. The van der Waals surface area contributed by atoms with Crippen molar-refractivity contribution in [1.82, 2.24) is 4.98 Å². The number of halogens is 1. The number of aromatic nitrogens is 1. The van der Waals surface area contributed by atoms with Gasteiger partial charge in [0.15, 0.2) is 0 Å². The van der Waals surface area contributed by atoms with E-state index in [9.17, 15) is 4.79 Å². The van der Waals surface area contributed by atoms with Crippen LogP contribution in [0.3, 0.4) is 0 Å². The van der Waals surface area contributed by atoms with Crippen LogP contribution >= 0.6 is 11.6 Å². The Balaban J connectivity index is 2.76. The van der Waals surface area contributed by atoms with Gasteiger partial charge in [0.1, 0.15) is 16.5 Å². The first kappa shape index (κ1) is 12.6. The minimum absolute atomic E-state index is 0.116. The molecule has 0 N–H and O–H groups in total. The summed E-state index contributed by atoms with van der Waals surface area (Å²) in [7, 11) is 1.54. The topological polar surface area (TPSA) is 48.4 Å². The van der Waals surface area contributed by atoms with Gasteiger partial charge in [-0.2, -0.15) is 0 Å². The number of hydrogen-bond acceptors (Lipinski definition) is 4. The number of carbonyl (C=O) groups is 1. The zero-order valence-electron chi connectivity index (χ0n) is 10.1. The van der Waals surface area contributed by atoms with Gasteiger partial charge in [0, 0.05) is 17.0 Å². The van der Waals surface area contributed by atoms with E-state index in [2.05, 4.69) is 4.98 Å². The summed E-state index contributed by atoms with van der Waals surface area (Å²) in [6.07, 6.45) is 1.60. The first-order valence-electron chi connectivity index (χ1n) is 5.47. The number of fused-ring (bicyclic) bond motifs is 1. The monoisotopic (exact) mass is 265 g/mol. The average molecular weight is 266 g/mol. The zero-order valence-corrected chi connectivity index (χ0v) is 10.8. The largest absolute Gasteiger partial charge is 0.496 e. The fourth-order valence-electron chi connectivity index (χ4n) is 1.78. The van der Waals surface area contributed by atoms with E-state index in [1.807, 2.05) is 12.1 Å². The Hall–Kier alpha value is -1.81. The molecule has 1 heterocycles. The number of esters is 1. The van der Waals surface area contributed by atoms with Crippen LogP contribution in [0.1, 0.15) is 17.3 Å².